The number of amides is 1. The van der Waals surface area contributed by atoms with Gasteiger partial charge < -0.3 is 5.11 Å². The van der Waals surface area contributed by atoms with E-state index in [1.54, 1.807) is 18.5 Å². The Bertz CT molecular complexity index is 374. The summed E-state index contributed by atoms with van der Waals surface area (Å²) in [6, 6.07) is 3.75. The number of carboxylic acid groups (broad SMARTS) is 1. The van der Waals surface area contributed by atoms with Crippen molar-refractivity contribution < 1.29 is 9.90 Å². The standard InChI is InChI=1S/C9H8N2O2/c12-9(13)11-5-3-7-2-1-4-10-8(7)6-11/h1-5H,6H2,(H,12,13). The third kappa shape index (κ3) is 1.38. The van der Waals surface area contributed by atoms with E-state index in [1.165, 1.54) is 4.90 Å². The molecule has 0 saturated carbocycles. The van der Waals surface area contributed by atoms with E-state index in [1.807, 2.05) is 12.1 Å². The monoisotopic (exact) mass is 176 g/mol. The second-order valence-electron chi connectivity index (χ2n) is 2.77. The molecule has 66 valence electrons. The summed E-state index contributed by atoms with van der Waals surface area (Å²) in [4.78, 5) is 15.9. The highest BCUT2D eigenvalue weighted by atomic mass is 16.4. The summed E-state index contributed by atoms with van der Waals surface area (Å²) in [5.74, 6) is 0. The second kappa shape index (κ2) is 2.90. The quantitative estimate of drug-likeness (QED) is 0.652. The maximum absolute atomic E-state index is 10.6. The number of pyridine rings is 1. The van der Waals surface area contributed by atoms with Crippen LogP contribution in [0.25, 0.3) is 6.08 Å². The topological polar surface area (TPSA) is 53.4 Å². The lowest BCUT2D eigenvalue weighted by molar-refractivity contribution is 0.160. The molecule has 2 rings (SSSR count). The van der Waals surface area contributed by atoms with E-state index in [0.29, 0.717) is 6.54 Å². The van der Waals surface area contributed by atoms with Gasteiger partial charge in [-0.3, -0.25) is 9.88 Å². The fourth-order valence-corrected chi connectivity index (χ4v) is 1.25. The van der Waals surface area contributed by atoms with Crippen LogP contribution in [0.3, 0.4) is 0 Å². The van der Waals surface area contributed by atoms with Crippen LogP contribution in [-0.4, -0.2) is 21.1 Å². The molecule has 0 aromatic carbocycles. The van der Waals surface area contributed by atoms with Gasteiger partial charge in [-0.25, -0.2) is 4.79 Å². The number of carbonyl (C=O) groups is 1. The first-order chi connectivity index (χ1) is 6.27. The van der Waals surface area contributed by atoms with Gasteiger partial charge in [0.2, 0.25) is 0 Å². The Morgan fingerprint density at radius 1 is 1.62 bits per heavy atom. The van der Waals surface area contributed by atoms with Gasteiger partial charge in [0.25, 0.3) is 0 Å². The number of hydrogen-bond donors (Lipinski definition) is 1. The van der Waals surface area contributed by atoms with Crippen LogP contribution in [0.5, 0.6) is 0 Å². The first-order valence-corrected chi connectivity index (χ1v) is 3.89. The molecule has 0 aliphatic carbocycles. The fraction of sp³-hybridized carbons (Fsp3) is 0.111. The van der Waals surface area contributed by atoms with Gasteiger partial charge in [-0.05, 0) is 17.7 Å². The minimum absolute atomic E-state index is 0.335. The molecule has 1 aliphatic heterocycles. The van der Waals surface area contributed by atoms with Crippen LogP contribution in [-0.2, 0) is 6.54 Å². The molecule has 1 aliphatic rings. The average Bonchev–Trinajstić information content (AvgIpc) is 2.17. The summed E-state index contributed by atoms with van der Waals surface area (Å²) in [5, 5.41) is 8.71. The fourth-order valence-electron chi connectivity index (χ4n) is 1.25. The summed E-state index contributed by atoms with van der Waals surface area (Å²) in [5.41, 5.74) is 1.78. The summed E-state index contributed by atoms with van der Waals surface area (Å²) in [6.07, 6.45) is 4.01. The van der Waals surface area contributed by atoms with Crippen LogP contribution in [0.15, 0.2) is 24.5 Å². The molecular formula is C9H8N2O2. The van der Waals surface area contributed by atoms with Crippen molar-refractivity contribution in [1.82, 2.24) is 9.88 Å². The Morgan fingerprint density at radius 2 is 2.46 bits per heavy atom. The molecule has 2 heterocycles. The minimum Gasteiger partial charge on any atom is -0.465 e. The Balaban J connectivity index is 2.34. The third-order valence-electron chi connectivity index (χ3n) is 1.93. The Kier molecular flexibility index (Phi) is 1.73. The van der Waals surface area contributed by atoms with E-state index in [2.05, 4.69) is 4.98 Å². The summed E-state index contributed by atoms with van der Waals surface area (Å²) in [6.45, 7) is 0.335. The van der Waals surface area contributed by atoms with Crippen LogP contribution in [0.1, 0.15) is 11.3 Å². The minimum atomic E-state index is -0.951. The van der Waals surface area contributed by atoms with Crippen molar-refractivity contribution in [2.24, 2.45) is 0 Å². The van der Waals surface area contributed by atoms with Crippen LogP contribution in [0.4, 0.5) is 4.79 Å². The Morgan fingerprint density at radius 3 is 3.23 bits per heavy atom. The van der Waals surface area contributed by atoms with Gasteiger partial charge in [-0.2, -0.15) is 0 Å². The van der Waals surface area contributed by atoms with Gasteiger partial charge in [-0.15, -0.1) is 0 Å². The van der Waals surface area contributed by atoms with Crippen molar-refractivity contribution >= 4 is 12.2 Å². The molecule has 0 fully saturated rings. The Hall–Kier alpha value is -1.84. The normalized spacial score (nSPS) is 14.0. The van der Waals surface area contributed by atoms with E-state index in [4.69, 9.17) is 5.11 Å². The molecule has 0 bridgehead atoms. The molecule has 0 radical (unpaired) electrons. The number of nitrogens with zero attached hydrogens (tertiary/aromatic N) is 2. The molecule has 1 aromatic heterocycles. The van der Waals surface area contributed by atoms with Gasteiger partial charge in [0.15, 0.2) is 0 Å². The molecular weight excluding hydrogens is 168 g/mol. The third-order valence-corrected chi connectivity index (χ3v) is 1.93. The number of rotatable bonds is 0. The van der Waals surface area contributed by atoms with E-state index in [0.717, 1.165) is 11.3 Å². The van der Waals surface area contributed by atoms with Crippen molar-refractivity contribution in [3.05, 3.63) is 35.8 Å². The molecule has 13 heavy (non-hydrogen) atoms. The van der Waals surface area contributed by atoms with Crippen molar-refractivity contribution in [2.75, 3.05) is 0 Å². The maximum Gasteiger partial charge on any atom is 0.411 e. The van der Waals surface area contributed by atoms with Gasteiger partial charge in [0, 0.05) is 12.4 Å². The molecule has 0 atom stereocenters. The van der Waals surface area contributed by atoms with Crippen molar-refractivity contribution in [3.8, 4) is 0 Å². The average molecular weight is 176 g/mol. The van der Waals surface area contributed by atoms with Crippen LogP contribution >= 0.6 is 0 Å². The van der Waals surface area contributed by atoms with Crippen molar-refractivity contribution in [3.63, 3.8) is 0 Å². The van der Waals surface area contributed by atoms with Gasteiger partial charge in [-0.1, -0.05) is 6.07 Å². The highest BCUT2D eigenvalue weighted by Crippen LogP contribution is 2.16. The molecule has 1 N–H and O–H groups in total. The Labute approximate surface area is 75.1 Å². The van der Waals surface area contributed by atoms with E-state index >= 15 is 0 Å². The van der Waals surface area contributed by atoms with Crippen LogP contribution in [0, 0.1) is 0 Å². The largest absolute Gasteiger partial charge is 0.465 e. The van der Waals surface area contributed by atoms with E-state index in [-0.39, 0.29) is 0 Å². The predicted octanol–water partition coefficient (Wildman–Crippen LogP) is 1.55. The first-order valence-electron chi connectivity index (χ1n) is 3.89. The molecule has 4 nitrogen and oxygen atoms in total. The van der Waals surface area contributed by atoms with Gasteiger partial charge >= 0.3 is 6.09 Å². The van der Waals surface area contributed by atoms with Crippen LogP contribution in [0.2, 0.25) is 0 Å². The predicted molar refractivity (Wildman–Crippen MR) is 46.8 cm³/mol. The SMILES string of the molecule is O=C(O)N1C=Cc2cccnc2C1. The molecule has 1 aromatic rings. The van der Waals surface area contributed by atoms with E-state index < -0.39 is 6.09 Å². The number of fused-ring (bicyclic) bond motifs is 1. The zero-order chi connectivity index (χ0) is 9.26. The zero-order valence-corrected chi connectivity index (χ0v) is 6.84. The zero-order valence-electron chi connectivity index (χ0n) is 6.84. The van der Waals surface area contributed by atoms with Gasteiger partial charge in [0.1, 0.15) is 0 Å². The van der Waals surface area contributed by atoms with Crippen molar-refractivity contribution in [1.29, 1.82) is 0 Å². The van der Waals surface area contributed by atoms with Crippen LogP contribution < -0.4 is 0 Å². The second-order valence-corrected chi connectivity index (χ2v) is 2.77. The molecule has 0 spiro atoms. The summed E-state index contributed by atoms with van der Waals surface area (Å²) >= 11 is 0. The lowest BCUT2D eigenvalue weighted by atomic mass is 10.1. The van der Waals surface area contributed by atoms with Gasteiger partial charge in [0.05, 0.1) is 12.2 Å². The van der Waals surface area contributed by atoms with Crippen molar-refractivity contribution in [2.45, 2.75) is 6.54 Å². The lowest BCUT2D eigenvalue weighted by Gasteiger charge is -2.19. The molecule has 0 saturated heterocycles. The number of hydrogen-bond acceptors (Lipinski definition) is 2. The summed E-state index contributed by atoms with van der Waals surface area (Å²) in [7, 11) is 0. The summed E-state index contributed by atoms with van der Waals surface area (Å²) < 4.78 is 0. The number of aromatic nitrogens is 1. The first kappa shape index (κ1) is 7.79. The maximum atomic E-state index is 10.6. The lowest BCUT2D eigenvalue weighted by Crippen LogP contribution is -2.25. The molecule has 0 unspecified atom stereocenters. The van der Waals surface area contributed by atoms with E-state index in [9.17, 15) is 4.79 Å². The molecule has 4 heteroatoms. The highest BCUT2D eigenvalue weighted by molar-refractivity contribution is 5.70. The smallest absolute Gasteiger partial charge is 0.411 e. The molecule has 1 amide bonds. The highest BCUT2D eigenvalue weighted by Gasteiger charge is 2.15.